The summed E-state index contributed by atoms with van der Waals surface area (Å²) in [6.07, 6.45) is 6.62. The summed E-state index contributed by atoms with van der Waals surface area (Å²) in [6, 6.07) is 7.33. The van der Waals surface area contributed by atoms with Gasteiger partial charge in [-0.15, -0.1) is 0 Å². The van der Waals surface area contributed by atoms with Gasteiger partial charge in [0.15, 0.2) is 0 Å². The van der Waals surface area contributed by atoms with Crippen LogP contribution in [0.15, 0.2) is 18.2 Å². The average Bonchev–Trinajstić information content (AvgIpc) is 3.28. The van der Waals surface area contributed by atoms with Crippen LogP contribution in [0, 0.1) is 5.92 Å². The zero-order valence-corrected chi connectivity index (χ0v) is 16.8. The number of nitrogens with one attached hydrogen (secondary N) is 2. The highest BCUT2D eigenvalue weighted by atomic mass is 16.7. The highest BCUT2D eigenvalue weighted by molar-refractivity contribution is 6.62. The SMILES string of the molecule is CC1(C)OB(c2ccc3nc(C4CC5CCCCC5N4)[nH]c3c2)OC1(C)C. The minimum absolute atomic E-state index is 0.324. The van der Waals surface area contributed by atoms with Crippen molar-refractivity contribution >= 4 is 23.6 Å². The number of rotatable bonds is 2. The maximum atomic E-state index is 6.20. The summed E-state index contributed by atoms with van der Waals surface area (Å²) in [5, 5.41) is 3.82. The van der Waals surface area contributed by atoms with Gasteiger partial charge < -0.3 is 19.6 Å². The van der Waals surface area contributed by atoms with Gasteiger partial charge in [-0.2, -0.15) is 0 Å². The molecular formula is C21H30BN3O2. The number of benzene rings is 1. The van der Waals surface area contributed by atoms with E-state index in [0.717, 1.165) is 28.2 Å². The Kier molecular flexibility index (Phi) is 3.98. The first-order valence-electron chi connectivity index (χ1n) is 10.4. The first-order chi connectivity index (χ1) is 12.8. The van der Waals surface area contributed by atoms with E-state index in [0.29, 0.717) is 12.1 Å². The molecular weight excluding hydrogens is 337 g/mol. The molecule has 2 saturated heterocycles. The molecule has 0 bridgehead atoms. The molecule has 2 aromatic rings. The van der Waals surface area contributed by atoms with Gasteiger partial charge in [-0.25, -0.2) is 4.98 Å². The minimum atomic E-state index is -0.335. The standard InChI is InChI=1S/C21H30BN3O2/c1-20(2)21(3,4)27-22(26-20)14-9-10-16-17(12-14)25-19(24-16)18-11-13-7-5-6-8-15(13)23-18/h9-10,12-13,15,18,23H,5-8,11H2,1-4H3,(H,24,25). The van der Waals surface area contributed by atoms with Gasteiger partial charge in [-0.1, -0.05) is 18.9 Å². The lowest BCUT2D eigenvalue weighted by atomic mass is 9.79. The Morgan fingerprint density at radius 3 is 2.56 bits per heavy atom. The van der Waals surface area contributed by atoms with Crippen molar-refractivity contribution in [1.82, 2.24) is 15.3 Å². The van der Waals surface area contributed by atoms with E-state index in [1.54, 1.807) is 0 Å². The van der Waals surface area contributed by atoms with Crippen LogP contribution in [0.25, 0.3) is 11.0 Å². The van der Waals surface area contributed by atoms with Crippen molar-refractivity contribution < 1.29 is 9.31 Å². The monoisotopic (exact) mass is 367 g/mol. The molecule has 1 aromatic carbocycles. The quantitative estimate of drug-likeness (QED) is 0.799. The number of aromatic amines is 1. The number of fused-ring (bicyclic) bond motifs is 2. The summed E-state index contributed by atoms with van der Waals surface area (Å²) < 4.78 is 12.4. The fourth-order valence-corrected chi connectivity index (χ4v) is 4.87. The lowest BCUT2D eigenvalue weighted by Crippen LogP contribution is -2.41. The molecule has 3 unspecified atom stereocenters. The van der Waals surface area contributed by atoms with Gasteiger partial charge in [-0.05, 0) is 70.5 Å². The van der Waals surface area contributed by atoms with Crippen LogP contribution in [0.2, 0.25) is 0 Å². The largest absolute Gasteiger partial charge is 0.494 e. The third-order valence-electron chi connectivity index (χ3n) is 7.24. The summed E-state index contributed by atoms with van der Waals surface area (Å²) in [5.74, 6) is 1.89. The highest BCUT2D eigenvalue weighted by Crippen LogP contribution is 2.39. The molecule has 0 amide bonds. The second-order valence-electron chi connectivity index (χ2n) is 9.59. The van der Waals surface area contributed by atoms with E-state index in [1.807, 2.05) is 0 Å². The Hall–Kier alpha value is -1.37. The molecule has 144 valence electrons. The van der Waals surface area contributed by atoms with E-state index >= 15 is 0 Å². The van der Waals surface area contributed by atoms with Crippen molar-refractivity contribution in [2.75, 3.05) is 0 Å². The highest BCUT2D eigenvalue weighted by Gasteiger charge is 2.51. The van der Waals surface area contributed by atoms with E-state index in [9.17, 15) is 0 Å². The molecule has 2 aliphatic heterocycles. The summed E-state index contributed by atoms with van der Waals surface area (Å²) in [5.41, 5.74) is 2.48. The number of hydrogen-bond acceptors (Lipinski definition) is 4. The first kappa shape index (κ1) is 17.7. The van der Waals surface area contributed by atoms with Gasteiger partial charge in [0.25, 0.3) is 0 Å². The molecule has 5 rings (SSSR count). The van der Waals surface area contributed by atoms with Crippen molar-refractivity contribution in [3.05, 3.63) is 24.0 Å². The maximum Gasteiger partial charge on any atom is 0.494 e. The van der Waals surface area contributed by atoms with Gasteiger partial charge in [0, 0.05) is 6.04 Å². The van der Waals surface area contributed by atoms with E-state index in [-0.39, 0.29) is 18.3 Å². The first-order valence-corrected chi connectivity index (χ1v) is 10.4. The third-order valence-corrected chi connectivity index (χ3v) is 7.24. The van der Waals surface area contributed by atoms with Gasteiger partial charge >= 0.3 is 7.12 Å². The third kappa shape index (κ3) is 2.93. The fraction of sp³-hybridized carbons (Fsp3) is 0.667. The summed E-state index contributed by atoms with van der Waals surface area (Å²) >= 11 is 0. The van der Waals surface area contributed by atoms with Crippen molar-refractivity contribution in [1.29, 1.82) is 0 Å². The predicted molar refractivity (Wildman–Crippen MR) is 108 cm³/mol. The predicted octanol–water partition coefficient (Wildman–Crippen LogP) is 3.46. The average molecular weight is 367 g/mol. The van der Waals surface area contributed by atoms with E-state index in [4.69, 9.17) is 14.3 Å². The molecule has 3 fully saturated rings. The van der Waals surface area contributed by atoms with Crippen molar-refractivity contribution in [2.24, 2.45) is 5.92 Å². The molecule has 2 N–H and O–H groups in total. The van der Waals surface area contributed by atoms with Crippen molar-refractivity contribution in [3.63, 3.8) is 0 Å². The molecule has 3 aliphatic rings. The lowest BCUT2D eigenvalue weighted by Gasteiger charge is -2.32. The zero-order chi connectivity index (χ0) is 18.8. The van der Waals surface area contributed by atoms with Gasteiger partial charge in [0.2, 0.25) is 0 Å². The normalized spacial score (nSPS) is 32.1. The Morgan fingerprint density at radius 1 is 1.07 bits per heavy atom. The van der Waals surface area contributed by atoms with Crippen LogP contribution in [-0.4, -0.2) is 34.3 Å². The maximum absolute atomic E-state index is 6.20. The molecule has 1 aliphatic carbocycles. The van der Waals surface area contributed by atoms with Crippen LogP contribution in [0.4, 0.5) is 0 Å². The summed E-state index contributed by atoms with van der Waals surface area (Å²) in [4.78, 5) is 8.45. The Balaban J connectivity index is 1.39. The summed E-state index contributed by atoms with van der Waals surface area (Å²) in [6.45, 7) is 8.35. The van der Waals surface area contributed by atoms with Crippen molar-refractivity contribution in [3.8, 4) is 0 Å². The number of aromatic nitrogens is 2. The molecule has 5 nitrogen and oxygen atoms in total. The molecule has 3 heterocycles. The Bertz CT molecular complexity index is 832. The van der Waals surface area contributed by atoms with Crippen LogP contribution in [-0.2, 0) is 9.31 Å². The zero-order valence-electron chi connectivity index (χ0n) is 16.8. The van der Waals surface area contributed by atoms with Crippen LogP contribution in [0.5, 0.6) is 0 Å². The summed E-state index contributed by atoms with van der Waals surface area (Å²) in [7, 11) is -0.335. The van der Waals surface area contributed by atoms with Crippen LogP contribution < -0.4 is 10.8 Å². The topological polar surface area (TPSA) is 59.2 Å². The van der Waals surface area contributed by atoms with Crippen LogP contribution >= 0.6 is 0 Å². The van der Waals surface area contributed by atoms with Crippen LogP contribution in [0.3, 0.4) is 0 Å². The van der Waals surface area contributed by atoms with Crippen molar-refractivity contribution in [2.45, 2.75) is 83.1 Å². The van der Waals surface area contributed by atoms with E-state index in [1.165, 1.54) is 32.1 Å². The Morgan fingerprint density at radius 2 is 1.81 bits per heavy atom. The Labute approximate surface area is 161 Å². The van der Waals surface area contributed by atoms with E-state index in [2.05, 4.69) is 56.2 Å². The molecule has 27 heavy (non-hydrogen) atoms. The number of hydrogen-bond donors (Lipinski definition) is 2. The smallest absolute Gasteiger partial charge is 0.399 e. The second kappa shape index (κ2) is 6.06. The molecule has 1 saturated carbocycles. The van der Waals surface area contributed by atoms with E-state index < -0.39 is 0 Å². The molecule has 1 aromatic heterocycles. The number of imidazole rings is 1. The molecule has 0 radical (unpaired) electrons. The number of H-pyrrole nitrogens is 1. The fourth-order valence-electron chi connectivity index (χ4n) is 4.87. The lowest BCUT2D eigenvalue weighted by molar-refractivity contribution is 0.00578. The molecule has 3 atom stereocenters. The number of nitrogens with zero attached hydrogens (tertiary/aromatic N) is 1. The van der Waals surface area contributed by atoms with Gasteiger partial charge in [0.05, 0.1) is 28.3 Å². The molecule has 6 heteroatoms. The molecule has 0 spiro atoms. The second-order valence-corrected chi connectivity index (χ2v) is 9.59. The minimum Gasteiger partial charge on any atom is -0.399 e. The van der Waals surface area contributed by atoms with Crippen LogP contribution in [0.1, 0.15) is 71.7 Å². The van der Waals surface area contributed by atoms with Gasteiger partial charge in [-0.3, -0.25) is 0 Å². The van der Waals surface area contributed by atoms with Gasteiger partial charge in [0.1, 0.15) is 5.82 Å².